The second-order valence-corrected chi connectivity index (χ2v) is 6.06. The fourth-order valence-corrected chi connectivity index (χ4v) is 2.62. The van der Waals surface area contributed by atoms with Crippen LogP contribution in [0.3, 0.4) is 0 Å². The zero-order valence-corrected chi connectivity index (χ0v) is 11.8. The molecule has 0 spiro atoms. The first-order valence-electron chi connectivity index (χ1n) is 6.80. The van der Waals surface area contributed by atoms with Gasteiger partial charge in [0.2, 0.25) is 0 Å². The number of hydrogen-bond donors (Lipinski definition) is 1. The second kappa shape index (κ2) is 4.46. The Morgan fingerprint density at radius 3 is 2.74 bits per heavy atom. The minimum Gasteiger partial charge on any atom is -0.309 e. The van der Waals surface area contributed by atoms with Crippen molar-refractivity contribution in [2.45, 2.75) is 39.3 Å². The van der Waals surface area contributed by atoms with Gasteiger partial charge in [-0.15, -0.1) is 10.2 Å². The van der Waals surface area contributed by atoms with E-state index in [4.69, 9.17) is 0 Å². The maximum atomic E-state index is 4.42. The van der Waals surface area contributed by atoms with Crippen LogP contribution in [0, 0.1) is 0 Å². The van der Waals surface area contributed by atoms with Gasteiger partial charge < -0.3 is 9.88 Å². The molecule has 2 heterocycles. The topological polar surface area (TPSA) is 42.7 Å². The van der Waals surface area contributed by atoms with Gasteiger partial charge in [0, 0.05) is 18.7 Å². The average Bonchev–Trinajstić information content (AvgIpc) is 2.81. The molecule has 0 saturated heterocycles. The lowest BCUT2D eigenvalue weighted by molar-refractivity contribution is 0.507. The molecule has 3 rings (SSSR count). The van der Waals surface area contributed by atoms with E-state index in [0.717, 1.165) is 31.3 Å². The van der Waals surface area contributed by atoms with Crippen molar-refractivity contribution in [2.75, 3.05) is 6.54 Å². The fourth-order valence-electron chi connectivity index (χ4n) is 2.62. The Morgan fingerprint density at radius 2 is 1.95 bits per heavy atom. The maximum Gasteiger partial charge on any atom is 0.164 e. The smallest absolute Gasteiger partial charge is 0.164 e. The van der Waals surface area contributed by atoms with Crippen LogP contribution < -0.4 is 5.32 Å². The molecule has 4 heteroatoms. The molecule has 4 nitrogen and oxygen atoms in total. The zero-order valence-electron chi connectivity index (χ0n) is 11.8. The summed E-state index contributed by atoms with van der Waals surface area (Å²) < 4.78 is 2.24. The molecule has 1 aliphatic rings. The summed E-state index contributed by atoms with van der Waals surface area (Å²) in [6.07, 6.45) is 0. The summed E-state index contributed by atoms with van der Waals surface area (Å²) in [5.74, 6) is 2.03. The molecule has 0 radical (unpaired) electrons. The van der Waals surface area contributed by atoms with E-state index >= 15 is 0 Å². The summed E-state index contributed by atoms with van der Waals surface area (Å²) in [7, 11) is 0. The number of aromatic nitrogens is 3. The predicted molar refractivity (Wildman–Crippen MR) is 75.9 cm³/mol. The zero-order chi connectivity index (χ0) is 13.5. The van der Waals surface area contributed by atoms with Crippen molar-refractivity contribution in [3.63, 3.8) is 0 Å². The van der Waals surface area contributed by atoms with Crippen molar-refractivity contribution in [3.8, 4) is 11.4 Å². The third-order valence-electron chi connectivity index (χ3n) is 3.60. The minimum atomic E-state index is 0.107. The van der Waals surface area contributed by atoms with E-state index in [2.05, 4.69) is 65.1 Å². The molecule has 0 bridgehead atoms. The van der Waals surface area contributed by atoms with Gasteiger partial charge in [-0.2, -0.15) is 0 Å². The van der Waals surface area contributed by atoms with Crippen LogP contribution >= 0.6 is 0 Å². The van der Waals surface area contributed by atoms with Gasteiger partial charge in [-0.25, -0.2) is 0 Å². The summed E-state index contributed by atoms with van der Waals surface area (Å²) in [4.78, 5) is 0. The van der Waals surface area contributed by atoms with E-state index in [1.807, 2.05) is 0 Å². The molecule has 19 heavy (non-hydrogen) atoms. The average molecular weight is 256 g/mol. The summed E-state index contributed by atoms with van der Waals surface area (Å²) in [6.45, 7) is 9.44. The van der Waals surface area contributed by atoms with Crippen LogP contribution in [-0.4, -0.2) is 21.3 Å². The van der Waals surface area contributed by atoms with E-state index in [-0.39, 0.29) is 5.41 Å². The van der Waals surface area contributed by atoms with Gasteiger partial charge in [0.25, 0.3) is 0 Å². The summed E-state index contributed by atoms with van der Waals surface area (Å²) >= 11 is 0. The van der Waals surface area contributed by atoms with Gasteiger partial charge in [0.1, 0.15) is 5.82 Å². The highest BCUT2D eigenvalue weighted by atomic mass is 15.3. The molecule has 0 aliphatic carbocycles. The number of nitrogens with zero attached hydrogens (tertiary/aromatic N) is 3. The molecular weight excluding hydrogens is 236 g/mol. The largest absolute Gasteiger partial charge is 0.309 e. The summed E-state index contributed by atoms with van der Waals surface area (Å²) in [5.41, 5.74) is 2.63. The quantitative estimate of drug-likeness (QED) is 0.851. The van der Waals surface area contributed by atoms with Crippen LogP contribution in [0.15, 0.2) is 24.3 Å². The van der Waals surface area contributed by atoms with Gasteiger partial charge >= 0.3 is 0 Å². The highest BCUT2D eigenvalue weighted by Crippen LogP contribution is 2.32. The lowest BCUT2D eigenvalue weighted by atomic mass is 9.83. The summed E-state index contributed by atoms with van der Waals surface area (Å²) in [6, 6.07) is 8.52. The van der Waals surface area contributed by atoms with Crippen LogP contribution in [0.4, 0.5) is 0 Å². The van der Waals surface area contributed by atoms with Gasteiger partial charge in [-0.1, -0.05) is 45.0 Å². The molecule has 2 aromatic rings. The number of hydrogen-bond acceptors (Lipinski definition) is 3. The third kappa shape index (κ3) is 2.16. The molecular formula is C15H20N4. The minimum absolute atomic E-state index is 0.107. The number of benzene rings is 1. The first-order chi connectivity index (χ1) is 9.07. The van der Waals surface area contributed by atoms with E-state index in [1.54, 1.807) is 0 Å². The molecule has 0 atom stereocenters. The van der Waals surface area contributed by atoms with Crippen LogP contribution in [0.5, 0.6) is 0 Å². The summed E-state index contributed by atoms with van der Waals surface area (Å²) in [5, 5.41) is 12.0. The van der Waals surface area contributed by atoms with Crippen molar-refractivity contribution >= 4 is 0 Å². The lowest BCUT2D eigenvalue weighted by Gasteiger charge is -2.23. The fraction of sp³-hybridized carbons (Fsp3) is 0.467. The lowest BCUT2D eigenvalue weighted by Crippen LogP contribution is -2.28. The number of fused-ring (bicyclic) bond motifs is 1. The molecule has 0 amide bonds. The van der Waals surface area contributed by atoms with Crippen LogP contribution in [0.2, 0.25) is 0 Å². The van der Waals surface area contributed by atoms with Crippen LogP contribution in [0.25, 0.3) is 11.4 Å². The van der Waals surface area contributed by atoms with Crippen LogP contribution in [-0.2, 0) is 18.5 Å². The predicted octanol–water partition coefficient (Wildman–Crippen LogP) is 2.35. The molecule has 1 aromatic carbocycles. The number of rotatable bonds is 1. The van der Waals surface area contributed by atoms with Crippen molar-refractivity contribution in [1.29, 1.82) is 0 Å². The van der Waals surface area contributed by atoms with Gasteiger partial charge in [0.05, 0.1) is 6.54 Å². The monoisotopic (exact) mass is 256 g/mol. The first kappa shape index (κ1) is 12.4. The van der Waals surface area contributed by atoms with Crippen molar-refractivity contribution < 1.29 is 0 Å². The highest BCUT2D eigenvalue weighted by Gasteiger charge is 2.23. The van der Waals surface area contributed by atoms with E-state index in [9.17, 15) is 0 Å². The van der Waals surface area contributed by atoms with Gasteiger partial charge in [-0.3, -0.25) is 0 Å². The maximum absolute atomic E-state index is 4.42. The van der Waals surface area contributed by atoms with E-state index < -0.39 is 0 Å². The van der Waals surface area contributed by atoms with E-state index in [1.165, 1.54) is 11.1 Å². The van der Waals surface area contributed by atoms with Crippen molar-refractivity contribution in [1.82, 2.24) is 20.1 Å². The first-order valence-corrected chi connectivity index (χ1v) is 6.80. The normalized spacial score (nSPS) is 15.3. The van der Waals surface area contributed by atoms with E-state index in [0.29, 0.717) is 0 Å². The Bertz CT molecular complexity index is 592. The molecule has 1 aromatic heterocycles. The van der Waals surface area contributed by atoms with Gasteiger partial charge in [-0.05, 0) is 11.0 Å². The Morgan fingerprint density at radius 1 is 1.16 bits per heavy atom. The van der Waals surface area contributed by atoms with Crippen LogP contribution in [0.1, 0.15) is 32.2 Å². The molecule has 1 aliphatic heterocycles. The Hall–Kier alpha value is -1.68. The molecule has 100 valence electrons. The van der Waals surface area contributed by atoms with Gasteiger partial charge in [0.15, 0.2) is 5.82 Å². The standard InChI is InChI=1S/C15H20N4/c1-15(2,3)12-7-5-4-6-11(12)14-18-17-13-10-16-8-9-19(13)14/h4-7,16H,8-10H2,1-3H3. The van der Waals surface area contributed by atoms with Crippen molar-refractivity contribution in [3.05, 3.63) is 35.7 Å². The Balaban J connectivity index is 2.15. The third-order valence-corrected chi connectivity index (χ3v) is 3.60. The molecule has 0 unspecified atom stereocenters. The Kier molecular flexibility index (Phi) is 2.90. The molecule has 1 N–H and O–H groups in total. The van der Waals surface area contributed by atoms with Crippen molar-refractivity contribution in [2.24, 2.45) is 0 Å². The molecule has 0 saturated carbocycles. The SMILES string of the molecule is CC(C)(C)c1ccccc1-c1nnc2n1CCNC2. The highest BCUT2D eigenvalue weighted by molar-refractivity contribution is 5.62. The number of nitrogens with one attached hydrogen (secondary N) is 1. The second-order valence-electron chi connectivity index (χ2n) is 6.06. The Labute approximate surface area is 113 Å². The molecule has 0 fully saturated rings.